The monoisotopic (exact) mass is 333 g/mol. The smallest absolute Gasteiger partial charge is 0.261 e. The summed E-state index contributed by atoms with van der Waals surface area (Å²) in [6, 6.07) is 8.64. The predicted molar refractivity (Wildman–Crippen MR) is 89.5 cm³/mol. The van der Waals surface area contributed by atoms with E-state index >= 15 is 0 Å². The average Bonchev–Trinajstić information content (AvgIpc) is 3.00. The number of nitrogens with one attached hydrogen (secondary N) is 1. The highest BCUT2D eigenvalue weighted by molar-refractivity contribution is 7.12. The van der Waals surface area contributed by atoms with Gasteiger partial charge < -0.3 is 10.1 Å². The summed E-state index contributed by atoms with van der Waals surface area (Å²) in [4.78, 5) is 13.1. The molecule has 1 amide bonds. The lowest BCUT2D eigenvalue weighted by atomic mass is 9.74. The quantitative estimate of drug-likeness (QED) is 0.927. The van der Waals surface area contributed by atoms with E-state index in [-0.39, 0.29) is 17.1 Å². The molecule has 3 rings (SSSR count). The maximum absolute atomic E-state index is 13.7. The summed E-state index contributed by atoms with van der Waals surface area (Å²) < 4.78 is 19.1. The highest BCUT2D eigenvalue weighted by Gasteiger charge is 2.35. The second kappa shape index (κ2) is 6.81. The van der Waals surface area contributed by atoms with Crippen LogP contribution in [-0.2, 0) is 10.2 Å². The van der Waals surface area contributed by atoms with Crippen molar-refractivity contribution in [2.24, 2.45) is 0 Å². The first-order chi connectivity index (χ1) is 11.1. The topological polar surface area (TPSA) is 38.3 Å². The van der Waals surface area contributed by atoms with Crippen LogP contribution in [0.25, 0.3) is 0 Å². The van der Waals surface area contributed by atoms with E-state index in [0.717, 1.165) is 28.8 Å². The van der Waals surface area contributed by atoms with Gasteiger partial charge in [-0.1, -0.05) is 12.1 Å². The molecule has 1 aromatic heterocycles. The molecule has 1 N–H and O–H groups in total. The molecule has 2 aromatic rings. The van der Waals surface area contributed by atoms with E-state index in [1.54, 1.807) is 12.1 Å². The molecule has 0 aliphatic carbocycles. The Morgan fingerprint density at radius 3 is 2.78 bits per heavy atom. The van der Waals surface area contributed by atoms with Crippen LogP contribution in [0.4, 0.5) is 4.39 Å². The van der Waals surface area contributed by atoms with Crippen LogP contribution >= 0.6 is 11.3 Å². The Morgan fingerprint density at radius 2 is 2.13 bits per heavy atom. The van der Waals surface area contributed by atoms with Crippen molar-refractivity contribution in [1.29, 1.82) is 0 Å². The van der Waals surface area contributed by atoms with Crippen LogP contribution < -0.4 is 5.32 Å². The van der Waals surface area contributed by atoms with Gasteiger partial charge in [-0.2, -0.15) is 0 Å². The van der Waals surface area contributed by atoms with E-state index in [2.05, 4.69) is 5.32 Å². The van der Waals surface area contributed by atoms with Crippen molar-refractivity contribution in [3.05, 3.63) is 57.5 Å². The van der Waals surface area contributed by atoms with Crippen molar-refractivity contribution < 1.29 is 13.9 Å². The highest BCUT2D eigenvalue weighted by atomic mass is 32.1. The molecule has 0 spiro atoms. The zero-order chi connectivity index (χ0) is 16.3. The van der Waals surface area contributed by atoms with Crippen LogP contribution in [0, 0.1) is 12.7 Å². The van der Waals surface area contributed by atoms with E-state index in [1.807, 2.05) is 24.4 Å². The van der Waals surface area contributed by atoms with Gasteiger partial charge in [-0.15, -0.1) is 11.3 Å². The second-order valence-electron chi connectivity index (χ2n) is 6.02. The third-order valence-electron chi connectivity index (χ3n) is 4.54. The fourth-order valence-corrected chi connectivity index (χ4v) is 3.92. The normalized spacial score (nSPS) is 17.0. The SMILES string of the molecule is Cc1ccsc1C(=O)NCC1(c2cccc(F)c2)CCOCC1. The highest BCUT2D eigenvalue weighted by Crippen LogP contribution is 2.34. The van der Waals surface area contributed by atoms with Crippen LogP contribution in [0.15, 0.2) is 35.7 Å². The Labute approximate surface area is 139 Å². The number of rotatable bonds is 4. The number of thiophene rings is 1. The van der Waals surface area contributed by atoms with Crippen LogP contribution in [-0.4, -0.2) is 25.7 Å². The van der Waals surface area contributed by atoms with Gasteiger partial charge in [0.05, 0.1) is 4.88 Å². The molecule has 0 bridgehead atoms. The van der Waals surface area contributed by atoms with E-state index < -0.39 is 0 Å². The number of carbonyl (C=O) groups is 1. The van der Waals surface area contributed by atoms with Gasteiger partial charge in [-0.05, 0) is 54.5 Å². The Balaban J connectivity index is 1.80. The van der Waals surface area contributed by atoms with Crippen LogP contribution in [0.2, 0.25) is 0 Å². The molecule has 3 nitrogen and oxygen atoms in total. The lowest BCUT2D eigenvalue weighted by molar-refractivity contribution is 0.0486. The molecule has 122 valence electrons. The minimum Gasteiger partial charge on any atom is -0.381 e. The number of benzene rings is 1. The van der Waals surface area contributed by atoms with E-state index in [9.17, 15) is 9.18 Å². The first-order valence-corrected chi connectivity index (χ1v) is 8.65. The van der Waals surface area contributed by atoms with Gasteiger partial charge in [0.1, 0.15) is 5.82 Å². The molecule has 0 radical (unpaired) electrons. The molecule has 1 aliphatic rings. The number of hydrogen-bond donors (Lipinski definition) is 1. The predicted octanol–water partition coefficient (Wildman–Crippen LogP) is 3.67. The Bertz CT molecular complexity index is 692. The lowest BCUT2D eigenvalue weighted by Gasteiger charge is -2.38. The summed E-state index contributed by atoms with van der Waals surface area (Å²) in [5.74, 6) is -0.298. The maximum Gasteiger partial charge on any atom is 0.261 e. The fourth-order valence-electron chi connectivity index (χ4n) is 3.08. The van der Waals surface area contributed by atoms with E-state index in [0.29, 0.717) is 19.8 Å². The van der Waals surface area contributed by atoms with Crippen LogP contribution in [0.1, 0.15) is 33.6 Å². The fraction of sp³-hybridized carbons (Fsp3) is 0.389. The van der Waals surface area contributed by atoms with Gasteiger partial charge in [-0.25, -0.2) is 4.39 Å². The zero-order valence-electron chi connectivity index (χ0n) is 13.1. The van der Waals surface area contributed by atoms with Crippen molar-refractivity contribution in [3.8, 4) is 0 Å². The lowest BCUT2D eigenvalue weighted by Crippen LogP contribution is -2.44. The maximum atomic E-state index is 13.7. The number of amides is 1. The minimum absolute atomic E-state index is 0.0558. The number of carbonyl (C=O) groups excluding carboxylic acids is 1. The third-order valence-corrected chi connectivity index (χ3v) is 5.56. The molecule has 5 heteroatoms. The third kappa shape index (κ3) is 3.46. The van der Waals surface area contributed by atoms with Crippen molar-refractivity contribution in [3.63, 3.8) is 0 Å². The molecule has 1 aliphatic heterocycles. The van der Waals surface area contributed by atoms with Gasteiger partial charge in [0.15, 0.2) is 0 Å². The van der Waals surface area contributed by atoms with Crippen LogP contribution in [0.5, 0.6) is 0 Å². The molecular formula is C18H20FNO2S. The number of ether oxygens (including phenoxy) is 1. The number of halogens is 1. The van der Waals surface area contributed by atoms with Gasteiger partial charge in [-0.3, -0.25) is 4.79 Å². The Hall–Kier alpha value is -1.72. The Kier molecular flexibility index (Phi) is 4.78. The largest absolute Gasteiger partial charge is 0.381 e. The summed E-state index contributed by atoms with van der Waals surface area (Å²) in [5.41, 5.74) is 1.66. The second-order valence-corrected chi connectivity index (χ2v) is 6.93. The molecular weight excluding hydrogens is 313 g/mol. The summed E-state index contributed by atoms with van der Waals surface area (Å²) >= 11 is 1.44. The van der Waals surface area contributed by atoms with Gasteiger partial charge >= 0.3 is 0 Å². The van der Waals surface area contributed by atoms with Crippen molar-refractivity contribution >= 4 is 17.2 Å². The van der Waals surface area contributed by atoms with E-state index in [1.165, 1.54) is 17.4 Å². The number of aryl methyl sites for hydroxylation is 1. The molecule has 1 aromatic carbocycles. The summed E-state index contributed by atoms with van der Waals surface area (Å²) in [6.07, 6.45) is 1.56. The summed E-state index contributed by atoms with van der Waals surface area (Å²) in [6.45, 7) is 3.69. The average molecular weight is 333 g/mol. The summed E-state index contributed by atoms with van der Waals surface area (Å²) in [7, 11) is 0. The molecule has 23 heavy (non-hydrogen) atoms. The van der Waals surface area contributed by atoms with Gasteiger partial charge in [0.2, 0.25) is 0 Å². The molecule has 0 atom stereocenters. The van der Waals surface area contributed by atoms with Crippen LogP contribution in [0.3, 0.4) is 0 Å². The first-order valence-electron chi connectivity index (χ1n) is 7.77. The molecule has 1 fully saturated rings. The Morgan fingerprint density at radius 1 is 1.35 bits per heavy atom. The summed E-state index contributed by atoms with van der Waals surface area (Å²) in [5, 5.41) is 4.97. The standard InChI is InChI=1S/C18H20FNO2S/c1-13-5-10-23-16(13)17(21)20-12-18(6-8-22-9-7-18)14-3-2-4-15(19)11-14/h2-5,10-11H,6-9,12H2,1H3,(H,20,21). The molecule has 1 saturated heterocycles. The minimum atomic E-state index is -0.263. The van der Waals surface area contributed by atoms with E-state index in [4.69, 9.17) is 4.74 Å². The van der Waals surface area contributed by atoms with Gasteiger partial charge in [0.25, 0.3) is 5.91 Å². The first kappa shape index (κ1) is 16.1. The molecule has 2 heterocycles. The van der Waals surface area contributed by atoms with Crippen molar-refractivity contribution in [2.75, 3.05) is 19.8 Å². The number of hydrogen-bond acceptors (Lipinski definition) is 3. The van der Waals surface area contributed by atoms with Gasteiger partial charge in [0, 0.05) is 25.2 Å². The van der Waals surface area contributed by atoms with Crippen molar-refractivity contribution in [1.82, 2.24) is 5.32 Å². The zero-order valence-corrected chi connectivity index (χ0v) is 13.9. The van der Waals surface area contributed by atoms with Crippen molar-refractivity contribution in [2.45, 2.75) is 25.2 Å². The molecule has 0 unspecified atom stereocenters. The molecule has 0 saturated carbocycles.